The van der Waals surface area contributed by atoms with E-state index in [2.05, 4.69) is 40.8 Å². The lowest BCUT2D eigenvalue weighted by molar-refractivity contribution is 0.106. The van der Waals surface area contributed by atoms with Gasteiger partial charge < -0.3 is 10.6 Å². The Bertz CT molecular complexity index is 610. The highest BCUT2D eigenvalue weighted by molar-refractivity contribution is 5.49. The van der Waals surface area contributed by atoms with Crippen LogP contribution in [0.25, 0.3) is 0 Å². The highest BCUT2D eigenvalue weighted by Gasteiger charge is 2.26. The van der Waals surface area contributed by atoms with Gasteiger partial charge in [0, 0.05) is 24.7 Å². The van der Waals surface area contributed by atoms with Crippen molar-refractivity contribution < 1.29 is 0 Å². The molecule has 0 aromatic heterocycles. The zero-order valence-corrected chi connectivity index (χ0v) is 16.4. The molecule has 1 atom stereocenters. The van der Waals surface area contributed by atoms with Gasteiger partial charge in [-0.15, -0.1) is 12.3 Å². The molecule has 2 saturated heterocycles. The predicted molar refractivity (Wildman–Crippen MR) is 111 cm³/mol. The molecule has 0 amide bonds. The van der Waals surface area contributed by atoms with Crippen LogP contribution in [0.15, 0.2) is 18.2 Å². The maximum Gasteiger partial charge on any atom is 0.0350 e. The Balaban J connectivity index is 1.48. The van der Waals surface area contributed by atoms with Gasteiger partial charge in [0.1, 0.15) is 0 Å². The number of hydrogen-bond donors (Lipinski definition) is 1. The van der Waals surface area contributed by atoms with Gasteiger partial charge in [0.15, 0.2) is 0 Å². The van der Waals surface area contributed by atoms with Crippen molar-refractivity contribution in [3.05, 3.63) is 29.3 Å². The fraction of sp³-hybridized carbons (Fsp3) is 0.652. The first-order valence-electron chi connectivity index (χ1n) is 10.4. The lowest BCUT2D eigenvalue weighted by atomic mass is 10.0. The summed E-state index contributed by atoms with van der Waals surface area (Å²) in [7, 11) is 0. The van der Waals surface area contributed by atoms with Crippen LogP contribution < -0.4 is 5.73 Å². The number of rotatable bonds is 5. The Hall–Kier alpha value is -1.50. The Morgan fingerprint density at radius 3 is 2.65 bits per heavy atom. The number of likely N-dealkylation sites (tertiary alicyclic amines) is 2. The number of aryl methyl sites for hydroxylation is 1. The number of hydrogen-bond acceptors (Lipinski definition) is 3. The summed E-state index contributed by atoms with van der Waals surface area (Å²) in [6.45, 7) is 8.45. The van der Waals surface area contributed by atoms with Gasteiger partial charge in [0.25, 0.3) is 0 Å². The Morgan fingerprint density at radius 1 is 1.12 bits per heavy atom. The van der Waals surface area contributed by atoms with Crippen LogP contribution in [0.1, 0.15) is 56.6 Å². The first-order valence-corrected chi connectivity index (χ1v) is 10.4. The molecule has 2 heterocycles. The molecule has 26 heavy (non-hydrogen) atoms. The van der Waals surface area contributed by atoms with Crippen molar-refractivity contribution in [1.82, 2.24) is 9.80 Å². The Morgan fingerprint density at radius 2 is 1.92 bits per heavy atom. The summed E-state index contributed by atoms with van der Waals surface area (Å²) >= 11 is 0. The van der Waals surface area contributed by atoms with Crippen molar-refractivity contribution in [2.75, 3.05) is 31.9 Å². The molecule has 3 rings (SSSR count). The van der Waals surface area contributed by atoms with Crippen LogP contribution in [-0.4, -0.2) is 42.0 Å². The highest BCUT2D eigenvalue weighted by Crippen LogP contribution is 2.24. The molecule has 3 nitrogen and oxygen atoms in total. The third-order valence-corrected chi connectivity index (χ3v) is 6.28. The van der Waals surface area contributed by atoms with E-state index < -0.39 is 0 Å². The van der Waals surface area contributed by atoms with Gasteiger partial charge in [0.05, 0.1) is 0 Å². The molecule has 3 heteroatoms. The average molecular weight is 354 g/mol. The average Bonchev–Trinajstić information content (AvgIpc) is 2.86. The van der Waals surface area contributed by atoms with Gasteiger partial charge in [-0.25, -0.2) is 0 Å². The number of anilines is 1. The van der Waals surface area contributed by atoms with Crippen molar-refractivity contribution in [1.29, 1.82) is 0 Å². The summed E-state index contributed by atoms with van der Waals surface area (Å²) in [5.41, 5.74) is 9.62. The van der Waals surface area contributed by atoms with E-state index in [-0.39, 0.29) is 0 Å². The number of nitrogens with two attached hydrogens (primary N) is 1. The molecular weight excluding hydrogens is 318 g/mol. The van der Waals surface area contributed by atoms with Crippen LogP contribution in [0.3, 0.4) is 0 Å². The van der Waals surface area contributed by atoms with E-state index >= 15 is 0 Å². The van der Waals surface area contributed by atoms with Crippen molar-refractivity contribution in [2.45, 2.75) is 64.5 Å². The summed E-state index contributed by atoms with van der Waals surface area (Å²) in [6, 6.07) is 7.33. The minimum atomic E-state index is 0.756. The summed E-state index contributed by atoms with van der Waals surface area (Å²) < 4.78 is 0. The number of piperidine rings is 1. The molecule has 2 N–H and O–H groups in total. The molecular formula is C23H35N3. The fourth-order valence-electron chi connectivity index (χ4n) is 4.53. The SMILES string of the molecule is C#CCCc1ccc(CN2CCC(N3CCC[C@H](C)CC3)CC2)cc1N. The monoisotopic (exact) mass is 353 g/mol. The van der Waals surface area contributed by atoms with E-state index in [0.717, 1.165) is 37.0 Å². The molecule has 2 aliphatic heterocycles. The normalized spacial score (nSPS) is 23.5. The Kier molecular flexibility index (Phi) is 7.00. The van der Waals surface area contributed by atoms with E-state index in [1.807, 2.05) is 0 Å². The minimum absolute atomic E-state index is 0.756. The summed E-state index contributed by atoms with van der Waals surface area (Å²) in [6.07, 6.45) is 13.8. The summed E-state index contributed by atoms with van der Waals surface area (Å²) in [5.74, 6) is 3.60. The zero-order chi connectivity index (χ0) is 18.4. The van der Waals surface area contributed by atoms with Gasteiger partial charge in [-0.1, -0.05) is 19.1 Å². The van der Waals surface area contributed by atoms with E-state index in [9.17, 15) is 0 Å². The van der Waals surface area contributed by atoms with Crippen LogP contribution in [0.4, 0.5) is 5.69 Å². The van der Waals surface area contributed by atoms with Gasteiger partial charge in [-0.3, -0.25) is 4.90 Å². The number of benzene rings is 1. The summed E-state index contributed by atoms with van der Waals surface area (Å²) in [5, 5.41) is 0. The second-order valence-electron chi connectivity index (χ2n) is 8.32. The van der Waals surface area contributed by atoms with E-state index in [4.69, 9.17) is 12.2 Å². The van der Waals surface area contributed by atoms with Crippen LogP contribution in [0, 0.1) is 18.3 Å². The van der Waals surface area contributed by atoms with Gasteiger partial charge in [-0.05, 0) is 87.8 Å². The van der Waals surface area contributed by atoms with Crippen molar-refractivity contribution >= 4 is 5.69 Å². The Labute approximate surface area is 159 Å². The largest absolute Gasteiger partial charge is 0.398 e. The van der Waals surface area contributed by atoms with E-state index in [1.165, 1.54) is 69.4 Å². The molecule has 0 bridgehead atoms. The van der Waals surface area contributed by atoms with Gasteiger partial charge >= 0.3 is 0 Å². The number of nitrogen functional groups attached to an aromatic ring is 1. The quantitative estimate of drug-likeness (QED) is 0.643. The third-order valence-electron chi connectivity index (χ3n) is 6.28. The second kappa shape index (κ2) is 9.44. The van der Waals surface area contributed by atoms with Crippen LogP contribution in [-0.2, 0) is 13.0 Å². The molecule has 1 aromatic rings. The molecule has 2 aliphatic rings. The highest BCUT2D eigenvalue weighted by atomic mass is 15.2. The van der Waals surface area contributed by atoms with E-state index in [1.54, 1.807) is 0 Å². The fourth-order valence-corrected chi connectivity index (χ4v) is 4.53. The molecule has 0 saturated carbocycles. The van der Waals surface area contributed by atoms with Gasteiger partial charge in [-0.2, -0.15) is 0 Å². The van der Waals surface area contributed by atoms with Crippen molar-refractivity contribution in [3.8, 4) is 12.3 Å². The maximum absolute atomic E-state index is 6.22. The first kappa shape index (κ1) is 19.3. The van der Waals surface area contributed by atoms with Crippen molar-refractivity contribution in [2.24, 2.45) is 5.92 Å². The molecule has 0 unspecified atom stereocenters. The van der Waals surface area contributed by atoms with Crippen LogP contribution in [0.5, 0.6) is 0 Å². The second-order valence-corrected chi connectivity index (χ2v) is 8.32. The lowest BCUT2D eigenvalue weighted by Gasteiger charge is -2.38. The first-order chi connectivity index (χ1) is 12.7. The zero-order valence-electron chi connectivity index (χ0n) is 16.4. The van der Waals surface area contributed by atoms with Crippen LogP contribution in [0.2, 0.25) is 0 Å². The van der Waals surface area contributed by atoms with Gasteiger partial charge in [0.2, 0.25) is 0 Å². The number of terminal acetylenes is 1. The van der Waals surface area contributed by atoms with E-state index in [0.29, 0.717) is 0 Å². The molecule has 0 spiro atoms. The van der Waals surface area contributed by atoms with Crippen LogP contribution >= 0.6 is 0 Å². The topological polar surface area (TPSA) is 32.5 Å². The lowest BCUT2D eigenvalue weighted by Crippen LogP contribution is -2.45. The molecule has 0 radical (unpaired) electrons. The molecule has 0 aliphatic carbocycles. The molecule has 142 valence electrons. The maximum atomic E-state index is 6.22. The molecule has 2 fully saturated rings. The van der Waals surface area contributed by atoms with Crippen molar-refractivity contribution in [3.63, 3.8) is 0 Å². The minimum Gasteiger partial charge on any atom is -0.398 e. The predicted octanol–water partition coefficient (Wildman–Crippen LogP) is 3.92. The number of nitrogens with zero attached hydrogens (tertiary/aromatic N) is 2. The molecule has 1 aromatic carbocycles. The smallest absolute Gasteiger partial charge is 0.0350 e. The standard InChI is InChI=1S/C23H35N3/c1-3-4-7-21-9-8-20(17-23(21)24)18-25-14-11-22(12-15-25)26-13-5-6-19(2)10-16-26/h1,8-9,17,19,22H,4-7,10-16,18,24H2,2H3/t19-/m0/s1. The third kappa shape index (κ3) is 5.25. The summed E-state index contributed by atoms with van der Waals surface area (Å²) in [4.78, 5) is 5.37.